The zero-order valence-electron chi connectivity index (χ0n) is 22.1. The van der Waals surface area contributed by atoms with Crippen LogP contribution < -0.4 is 5.32 Å². The number of imide groups is 3. The third kappa shape index (κ3) is 5.61. The van der Waals surface area contributed by atoms with Crippen LogP contribution in [0.2, 0.25) is 0 Å². The summed E-state index contributed by atoms with van der Waals surface area (Å²) in [6.45, 7) is 0.694. The van der Waals surface area contributed by atoms with Gasteiger partial charge in [0.25, 0.3) is 0 Å². The molecule has 0 aromatic heterocycles. The highest BCUT2D eigenvalue weighted by Crippen LogP contribution is 2.40. The number of quaternary nitrogens is 2. The van der Waals surface area contributed by atoms with Crippen molar-refractivity contribution in [1.82, 2.24) is 10.2 Å². The lowest BCUT2D eigenvalue weighted by molar-refractivity contribution is -0.934. The van der Waals surface area contributed by atoms with Crippen LogP contribution >= 0.6 is 0 Å². The highest BCUT2D eigenvalue weighted by molar-refractivity contribution is 5.99. The molecule has 3 fully saturated rings. The second kappa shape index (κ2) is 13.5. The van der Waals surface area contributed by atoms with E-state index < -0.39 is 45.5 Å². The average molecular weight is 535 g/mol. The lowest BCUT2D eigenvalue weighted by atomic mass is 10.1. The molecule has 0 radical (unpaired) electrons. The van der Waals surface area contributed by atoms with Crippen molar-refractivity contribution in [3.05, 3.63) is 0 Å². The van der Waals surface area contributed by atoms with E-state index in [0.29, 0.717) is 64.3 Å². The van der Waals surface area contributed by atoms with E-state index in [1.54, 1.807) is 6.08 Å². The van der Waals surface area contributed by atoms with Gasteiger partial charge in [0.1, 0.15) is 13.1 Å². The Hall–Kier alpha value is -3.24. The summed E-state index contributed by atoms with van der Waals surface area (Å²) in [5.41, 5.74) is 0. The highest BCUT2D eigenvalue weighted by atomic mass is 16.5. The zero-order valence-corrected chi connectivity index (χ0v) is 22.1. The molecule has 3 saturated heterocycles. The van der Waals surface area contributed by atoms with E-state index in [4.69, 9.17) is 4.74 Å². The lowest BCUT2D eigenvalue weighted by Crippen LogP contribution is -2.85. The number of hydrogen-bond acceptors (Lipinski definition) is 9. The van der Waals surface area contributed by atoms with E-state index in [0.717, 1.165) is 24.2 Å². The predicted molar refractivity (Wildman–Crippen MR) is 133 cm³/mol. The zero-order chi connectivity index (χ0) is 27.6. The Morgan fingerprint density at radius 3 is 2.26 bits per heavy atom. The first-order chi connectivity index (χ1) is 18.4. The molecule has 4 unspecified atom stereocenters. The Morgan fingerprint density at radius 1 is 0.921 bits per heavy atom. The van der Waals surface area contributed by atoms with Crippen LogP contribution in [0, 0.1) is 0 Å². The fraction of sp³-hybridized carbons (Fsp3) is 0.760. The molecule has 0 aromatic rings. The van der Waals surface area contributed by atoms with E-state index in [1.165, 1.54) is 13.2 Å². The maximum absolute atomic E-state index is 14.6. The predicted octanol–water partition coefficient (Wildman–Crippen LogP) is 3.68. The van der Waals surface area contributed by atoms with E-state index in [1.807, 2.05) is 0 Å². The first-order valence-electron chi connectivity index (χ1n) is 13.5. The molecule has 13 nitrogen and oxygen atoms in total. The molecule has 38 heavy (non-hydrogen) atoms. The number of methoxy groups -OCH3 is 1. The molecular formula is C25H38N6O7+2. The molecule has 0 saturated carbocycles. The highest BCUT2D eigenvalue weighted by Gasteiger charge is 2.74. The standard InChI is InChI=1S/C25H37N6O7/c1-38-22(34)28-21-13-7-5-11-17-31(21)24(36)29(15-9-3-2-8-14-26-18-32)23(35)30(25(31)37)16-10-4-6-12-20(30)27-19-33/h20-21H,2-17H2,1H3/q+1/p+1. The molecule has 3 aliphatic rings. The summed E-state index contributed by atoms with van der Waals surface area (Å²) in [6.07, 6.45) is 7.66. The van der Waals surface area contributed by atoms with Crippen molar-refractivity contribution in [2.24, 2.45) is 9.98 Å². The molecule has 2 spiro atoms. The quantitative estimate of drug-likeness (QED) is 0.205. The van der Waals surface area contributed by atoms with Crippen LogP contribution in [0.3, 0.4) is 0 Å². The Balaban J connectivity index is 2.06. The third-order valence-electron chi connectivity index (χ3n) is 7.97. The SMILES string of the molecule is COC(=O)NC1CCCCC[N+]12C(=O)N(CCCCCCN=C=O)C(=O)[N+]1(CCCCCC1N=C=O)C2=O. The van der Waals surface area contributed by atoms with Gasteiger partial charge in [0.2, 0.25) is 18.3 Å². The summed E-state index contributed by atoms with van der Waals surface area (Å²) >= 11 is 0. The Labute approximate surface area is 222 Å². The summed E-state index contributed by atoms with van der Waals surface area (Å²) in [7, 11) is 1.21. The minimum atomic E-state index is -0.983. The van der Waals surface area contributed by atoms with Crippen molar-refractivity contribution in [2.75, 3.05) is 33.3 Å². The van der Waals surface area contributed by atoms with Crippen molar-refractivity contribution < 1.29 is 42.5 Å². The Bertz CT molecular complexity index is 1010. The minimum absolute atomic E-state index is 0.0877. The molecule has 3 aliphatic heterocycles. The number of carbonyl (C=O) groups is 4. The summed E-state index contributed by atoms with van der Waals surface area (Å²) < 4.78 is 3.32. The normalized spacial score (nSPS) is 29.7. The molecule has 0 aromatic carbocycles. The smallest absolute Gasteiger partial charge is 0.453 e. The van der Waals surface area contributed by atoms with Crippen molar-refractivity contribution in [3.8, 4) is 0 Å². The maximum atomic E-state index is 14.6. The van der Waals surface area contributed by atoms with E-state index in [2.05, 4.69) is 15.3 Å². The van der Waals surface area contributed by atoms with Gasteiger partial charge < -0.3 is 4.74 Å². The van der Waals surface area contributed by atoms with Crippen molar-refractivity contribution >= 4 is 36.3 Å². The van der Waals surface area contributed by atoms with Gasteiger partial charge >= 0.3 is 24.2 Å². The van der Waals surface area contributed by atoms with Crippen LogP contribution in [0.1, 0.15) is 77.0 Å². The monoisotopic (exact) mass is 534 g/mol. The fourth-order valence-electron chi connectivity index (χ4n) is 6.04. The van der Waals surface area contributed by atoms with Gasteiger partial charge in [-0.2, -0.15) is 9.69 Å². The van der Waals surface area contributed by atoms with Crippen molar-refractivity contribution in [1.29, 1.82) is 0 Å². The molecule has 4 atom stereocenters. The fourth-order valence-corrected chi connectivity index (χ4v) is 6.04. The second-order valence-corrected chi connectivity index (χ2v) is 10.1. The Morgan fingerprint density at radius 2 is 1.58 bits per heavy atom. The van der Waals surface area contributed by atoms with Crippen LogP contribution in [-0.2, 0) is 14.3 Å². The molecule has 0 aliphatic carbocycles. The first kappa shape index (κ1) is 29.3. The van der Waals surface area contributed by atoms with Gasteiger partial charge in [-0.25, -0.2) is 29.0 Å². The number of nitrogens with one attached hydrogen (secondary N) is 1. The molecule has 0 bridgehead atoms. The van der Waals surface area contributed by atoms with Gasteiger partial charge in [0.15, 0.2) is 6.17 Å². The number of carbonyl (C=O) groups excluding carboxylic acids is 6. The molecule has 3 rings (SSSR count). The number of ether oxygens (including phenoxy) is 1. The summed E-state index contributed by atoms with van der Waals surface area (Å²) in [5, 5.41) is 2.72. The Kier molecular flexibility index (Phi) is 10.4. The number of unbranched alkanes of at least 4 members (excludes halogenated alkanes) is 3. The number of isocyanates is 2. The number of rotatable bonds is 9. The van der Waals surface area contributed by atoms with Gasteiger partial charge in [-0.15, -0.1) is 14.0 Å². The lowest BCUT2D eigenvalue weighted by Gasteiger charge is -2.49. The molecule has 3 heterocycles. The number of amides is 7. The molecule has 208 valence electrons. The van der Waals surface area contributed by atoms with E-state index >= 15 is 0 Å². The van der Waals surface area contributed by atoms with Crippen LogP contribution in [0.25, 0.3) is 0 Å². The van der Waals surface area contributed by atoms with Crippen LogP contribution in [-0.4, -0.2) is 95.8 Å². The summed E-state index contributed by atoms with van der Waals surface area (Å²) in [4.78, 5) is 85.7. The molecule has 1 N–H and O–H groups in total. The van der Waals surface area contributed by atoms with E-state index in [-0.39, 0.29) is 19.6 Å². The largest absolute Gasteiger partial charge is 0.536 e. The van der Waals surface area contributed by atoms with Crippen LogP contribution in [0.15, 0.2) is 9.98 Å². The molecule has 7 amide bonds. The van der Waals surface area contributed by atoms with Gasteiger partial charge in [-0.3, -0.25) is 5.32 Å². The average Bonchev–Trinajstić information content (AvgIpc) is 3.26. The van der Waals surface area contributed by atoms with Crippen molar-refractivity contribution in [2.45, 2.75) is 89.4 Å². The number of aliphatic imine (C=N–C) groups is 2. The number of hydrogen-bond donors (Lipinski definition) is 1. The van der Waals surface area contributed by atoms with Gasteiger partial charge in [0.05, 0.1) is 13.7 Å². The van der Waals surface area contributed by atoms with Crippen molar-refractivity contribution in [3.63, 3.8) is 0 Å². The number of alkyl carbamates (subject to hydrolysis) is 1. The molecule has 13 heteroatoms. The van der Waals surface area contributed by atoms with Gasteiger partial charge in [-0.05, 0) is 51.4 Å². The summed E-state index contributed by atoms with van der Waals surface area (Å²) in [6, 6.07) is -1.96. The maximum Gasteiger partial charge on any atom is 0.536 e. The van der Waals surface area contributed by atoms with Gasteiger partial charge in [0, 0.05) is 19.4 Å². The van der Waals surface area contributed by atoms with E-state index in [9.17, 15) is 28.8 Å². The summed E-state index contributed by atoms with van der Waals surface area (Å²) in [5.74, 6) is 0. The first-order valence-corrected chi connectivity index (χ1v) is 13.5. The van der Waals surface area contributed by atoms with Crippen LogP contribution in [0.5, 0.6) is 0 Å². The third-order valence-corrected chi connectivity index (χ3v) is 7.97. The number of urea groups is 3. The minimum Gasteiger partial charge on any atom is -0.453 e. The van der Waals surface area contributed by atoms with Gasteiger partial charge in [-0.1, -0.05) is 12.8 Å². The van der Waals surface area contributed by atoms with Crippen LogP contribution in [0.4, 0.5) is 19.2 Å². The topological polar surface area (TPSA) is 152 Å². The molecular weight excluding hydrogens is 496 g/mol. The number of nitrogens with zero attached hydrogens (tertiary/aromatic N) is 5. The second-order valence-electron chi connectivity index (χ2n) is 10.1.